The van der Waals surface area contributed by atoms with E-state index in [0.717, 1.165) is 5.56 Å². The molecule has 1 fully saturated rings. The lowest BCUT2D eigenvalue weighted by Crippen LogP contribution is -2.55. The molecule has 1 saturated carbocycles. The van der Waals surface area contributed by atoms with Crippen molar-refractivity contribution in [2.45, 2.75) is 31.8 Å². The molecule has 6 heteroatoms. The van der Waals surface area contributed by atoms with Gasteiger partial charge < -0.3 is 14.6 Å². The lowest BCUT2D eigenvalue weighted by Gasteiger charge is -2.43. The van der Waals surface area contributed by atoms with E-state index in [1.165, 1.54) is 21.1 Å². The van der Waals surface area contributed by atoms with E-state index in [1.807, 2.05) is 19.1 Å². The summed E-state index contributed by atoms with van der Waals surface area (Å²) < 4.78 is 9.61. The Hall–Kier alpha value is -2.21. The van der Waals surface area contributed by atoms with Crippen LogP contribution in [0.1, 0.15) is 30.4 Å². The summed E-state index contributed by atoms with van der Waals surface area (Å²) in [5, 5.41) is 10.7. The molecule has 0 saturated heterocycles. The summed E-state index contributed by atoms with van der Waals surface area (Å²) in [6.07, 6.45) is -0.311. The first kappa shape index (κ1) is 18.1. The quantitative estimate of drug-likeness (QED) is 0.663. The maximum Gasteiger partial charge on any atom is 0.316 e. The average molecular weight is 334 g/mol. The Bertz CT molecular complexity index is 646. The first-order chi connectivity index (χ1) is 11.2. The van der Waals surface area contributed by atoms with Gasteiger partial charge in [-0.15, -0.1) is 0 Å². The molecular formula is C18H22O6. The van der Waals surface area contributed by atoms with Crippen molar-refractivity contribution in [3.05, 3.63) is 35.4 Å². The average Bonchev–Trinajstić information content (AvgIpc) is 2.53. The molecule has 0 bridgehead atoms. The number of ether oxygens (including phenoxy) is 2. The fourth-order valence-electron chi connectivity index (χ4n) is 3.46. The molecule has 130 valence electrons. The van der Waals surface area contributed by atoms with E-state index in [2.05, 4.69) is 0 Å². The molecule has 1 aliphatic carbocycles. The molecule has 2 rings (SSSR count). The van der Waals surface area contributed by atoms with Crippen LogP contribution in [0.4, 0.5) is 0 Å². The summed E-state index contributed by atoms with van der Waals surface area (Å²) in [4.78, 5) is 37.1. The Morgan fingerprint density at radius 3 is 2.17 bits per heavy atom. The maximum atomic E-state index is 12.5. The molecule has 1 aliphatic rings. The van der Waals surface area contributed by atoms with Crippen LogP contribution in [0.25, 0.3) is 0 Å². The van der Waals surface area contributed by atoms with Crippen LogP contribution in [0.5, 0.6) is 0 Å². The third-order valence-electron chi connectivity index (χ3n) is 4.64. The van der Waals surface area contributed by atoms with Crippen LogP contribution in [-0.2, 0) is 23.9 Å². The summed E-state index contributed by atoms with van der Waals surface area (Å²) >= 11 is 0. The van der Waals surface area contributed by atoms with Crippen molar-refractivity contribution >= 4 is 17.7 Å². The van der Waals surface area contributed by atoms with Gasteiger partial charge in [-0.2, -0.15) is 0 Å². The molecule has 1 N–H and O–H groups in total. The lowest BCUT2D eigenvalue weighted by molar-refractivity contribution is -0.170. The molecule has 0 amide bonds. The molecule has 6 nitrogen and oxygen atoms in total. The van der Waals surface area contributed by atoms with Crippen molar-refractivity contribution in [1.29, 1.82) is 0 Å². The highest BCUT2D eigenvalue weighted by atomic mass is 16.5. The van der Waals surface area contributed by atoms with Crippen LogP contribution in [0.15, 0.2) is 24.3 Å². The molecule has 1 aromatic carbocycles. The van der Waals surface area contributed by atoms with Gasteiger partial charge in [-0.3, -0.25) is 14.4 Å². The van der Waals surface area contributed by atoms with Gasteiger partial charge in [0.05, 0.1) is 25.7 Å². The maximum absolute atomic E-state index is 12.5. The summed E-state index contributed by atoms with van der Waals surface area (Å²) in [5.41, 5.74) is 0.00108. The van der Waals surface area contributed by atoms with Gasteiger partial charge in [0.2, 0.25) is 0 Å². The number of ketones is 1. The van der Waals surface area contributed by atoms with E-state index in [-0.39, 0.29) is 6.42 Å². The molecule has 0 radical (unpaired) electrons. The third kappa shape index (κ3) is 3.19. The van der Waals surface area contributed by atoms with Gasteiger partial charge in [-0.05, 0) is 19.4 Å². The molecule has 0 spiro atoms. The number of carbonyl (C=O) groups excluding carboxylic acids is 3. The Morgan fingerprint density at radius 2 is 1.67 bits per heavy atom. The normalized spacial score (nSPS) is 29.9. The number of hydrogen-bond donors (Lipinski definition) is 1. The van der Waals surface area contributed by atoms with E-state index in [9.17, 15) is 19.5 Å². The Morgan fingerprint density at radius 1 is 1.12 bits per heavy atom. The Kier molecular flexibility index (Phi) is 5.08. The van der Waals surface area contributed by atoms with Crippen molar-refractivity contribution in [2.24, 2.45) is 11.8 Å². The number of aryl methyl sites for hydroxylation is 1. The molecular weight excluding hydrogens is 312 g/mol. The van der Waals surface area contributed by atoms with Crippen molar-refractivity contribution in [2.75, 3.05) is 14.2 Å². The minimum absolute atomic E-state index is 0.311. The van der Waals surface area contributed by atoms with Gasteiger partial charge in [0.1, 0.15) is 5.92 Å². The number of rotatable bonds is 3. The standard InChI is InChI=1S/C18H22O6/c1-10-5-7-11(8-6-10)13-14(16(20)23-3)12(19)9-18(2,22)15(13)17(21)24-4/h5-8,13-15,22H,9H2,1-4H3/t13-,14+,15-,18+/m0/s1. The van der Waals surface area contributed by atoms with Crippen molar-refractivity contribution in [3.63, 3.8) is 0 Å². The lowest BCUT2D eigenvalue weighted by atomic mass is 9.61. The zero-order valence-electron chi connectivity index (χ0n) is 14.2. The van der Waals surface area contributed by atoms with Crippen LogP contribution in [-0.4, -0.2) is 42.6 Å². The van der Waals surface area contributed by atoms with Crippen LogP contribution in [0, 0.1) is 18.8 Å². The second kappa shape index (κ2) is 6.73. The highest BCUT2D eigenvalue weighted by Crippen LogP contribution is 2.46. The van der Waals surface area contributed by atoms with Gasteiger partial charge in [-0.25, -0.2) is 0 Å². The predicted octanol–water partition coefficient (Wildman–Crippen LogP) is 1.38. The van der Waals surface area contributed by atoms with Crippen molar-refractivity contribution in [1.82, 2.24) is 0 Å². The number of Topliss-reactive ketones (excluding diaryl/α,β-unsaturated/α-hetero) is 1. The van der Waals surface area contributed by atoms with Gasteiger partial charge in [0, 0.05) is 12.3 Å². The number of methoxy groups -OCH3 is 2. The monoisotopic (exact) mass is 334 g/mol. The smallest absolute Gasteiger partial charge is 0.316 e. The van der Waals surface area contributed by atoms with E-state index >= 15 is 0 Å². The second-order valence-electron chi connectivity index (χ2n) is 6.44. The zero-order valence-corrected chi connectivity index (χ0v) is 14.2. The van der Waals surface area contributed by atoms with E-state index in [0.29, 0.717) is 5.56 Å². The van der Waals surface area contributed by atoms with E-state index in [1.54, 1.807) is 12.1 Å². The number of aliphatic hydroxyl groups is 1. The van der Waals surface area contributed by atoms with Crippen LogP contribution in [0.2, 0.25) is 0 Å². The Labute approximate surface area is 140 Å². The van der Waals surface area contributed by atoms with Crippen LogP contribution < -0.4 is 0 Å². The zero-order chi connectivity index (χ0) is 18.1. The number of carbonyl (C=O) groups is 3. The van der Waals surface area contributed by atoms with Crippen LogP contribution >= 0.6 is 0 Å². The van der Waals surface area contributed by atoms with Gasteiger partial charge in [0.15, 0.2) is 5.78 Å². The Balaban J connectivity index is 2.63. The third-order valence-corrected chi connectivity index (χ3v) is 4.64. The minimum atomic E-state index is -1.61. The first-order valence-corrected chi connectivity index (χ1v) is 7.70. The fraction of sp³-hybridized carbons (Fsp3) is 0.500. The number of benzene rings is 1. The second-order valence-corrected chi connectivity index (χ2v) is 6.44. The molecule has 0 heterocycles. The molecule has 0 aliphatic heterocycles. The summed E-state index contributed by atoms with van der Waals surface area (Å²) in [7, 11) is 2.41. The molecule has 0 aromatic heterocycles. The molecule has 0 unspecified atom stereocenters. The minimum Gasteiger partial charge on any atom is -0.469 e. The van der Waals surface area contributed by atoms with Crippen molar-refractivity contribution in [3.8, 4) is 0 Å². The highest BCUT2D eigenvalue weighted by molar-refractivity contribution is 6.02. The molecule has 4 atom stereocenters. The molecule has 1 aromatic rings. The summed E-state index contributed by atoms with van der Waals surface area (Å²) in [6.45, 7) is 3.32. The topological polar surface area (TPSA) is 89.9 Å². The number of esters is 2. The molecule has 24 heavy (non-hydrogen) atoms. The SMILES string of the molecule is COC(=O)[C@@H]1C(=O)C[C@@](C)(O)[C@H](C(=O)OC)[C@H]1c1ccc(C)cc1. The summed E-state index contributed by atoms with van der Waals surface area (Å²) in [5.74, 6) is -4.87. The predicted molar refractivity (Wildman–Crippen MR) is 85.2 cm³/mol. The van der Waals surface area contributed by atoms with Gasteiger partial charge in [-0.1, -0.05) is 29.8 Å². The van der Waals surface area contributed by atoms with Gasteiger partial charge >= 0.3 is 11.9 Å². The largest absolute Gasteiger partial charge is 0.469 e. The van der Waals surface area contributed by atoms with Gasteiger partial charge in [0.25, 0.3) is 0 Å². The van der Waals surface area contributed by atoms with Crippen molar-refractivity contribution < 1.29 is 29.0 Å². The fourth-order valence-corrected chi connectivity index (χ4v) is 3.46. The highest BCUT2D eigenvalue weighted by Gasteiger charge is 2.56. The number of hydrogen-bond acceptors (Lipinski definition) is 6. The van der Waals surface area contributed by atoms with Crippen LogP contribution in [0.3, 0.4) is 0 Å². The first-order valence-electron chi connectivity index (χ1n) is 7.70. The summed E-state index contributed by atoms with van der Waals surface area (Å²) in [6, 6.07) is 7.15. The van der Waals surface area contributed by atoms with E-state index < -0.39 is 41.1 Å². The van der Waals surface area contributed by atoms with E-state index in [4.69, 9.17) is 9.47 Å².